The number of methoxy groups -OCH3 is 1. The number of pyridine rings is 1. The lowest BCUT2D eigenvalue weighted by atomic mass is 10.1. The molecule has 0 aliphatic heterocycles. The first-order valence-electron chi connectivity index (χ1n) is 10.1. The Morgan fingerprint density at radius 1 is 0.935 bits per heavy atom. The van der Waals surface area contributed by atoms with Gasteiger partial charge in [0.05, 0.1) is 13.7 Å². The van der Waals surface area contributed by atoms with Gasteiger partial charge in [-0.05, 0) is 73.3 Å². The quantitative estimate of drug-likeness (QED) is 0.502. The molecule has 31 heavy (non-hydrogen) atoms. The van der Waals surface area contributed by atoms with Crippen molar-refractivity contribution < 1.29 is 9.53 Å². The summed E-state index contributed by atoms with van der Waals surface area (Å²) < 4.78 is 5.28. The van der Waals surface area contributed by atoms with E-state index in [1.807, 2.05) is 62.4 Å². The molecule has 1 amide bonds. The monoisotopic (exact) mass is 412 g/mol. The average molecular weight is 412 g/mol. The number of aromatic nitrogens is 1. The maximum absolute atomic E-state index is 13.5. The minimum Gasteiger partial charge on any atom is -0.497 e. The van der Waals surface area contributed by atoms with Crippen molar-refractivity contribution in [3.63, 3.8) is 0 Å². The van der Waals surface area contributed by atoms with Gasteiger partial charge in [-0.3, -0.25) is 9.59 Å². The summed E-state index contributed by atoms with van der Waals surface area (Å²) in [6.45, 7) is 4.14. The van der Waals surface area contributed by atoms with Crippen molar-refractivity contribution in [2.24, 2.45) is 0 Å². The minimum absolute atomic E-state index is 0.151. The Morgan fingerprint density at radius 2 is 1.71 bits per heavy atom. The van der Waals surface area contributed by atoms with Crippen LogP contribution >= 0.6 is 0 Å². The van der Waals surface area contributed by atoms with Gasteiger partial charge in [-0.25, -0.2) is 0 Å². The van der Waals surface area contributed by atoms with Gasteiger partial charge < -0.3 is 14.6 Å². The van der Waals surface area contributed by atoms with E-state index in [1.54, 1.807) is 36.3 Å². The molecule has 0 aliphatic rings. The summed E-state index contributed by atoms with van der Waals surface area (Å²) in [5, 5.41) is 0.938. The van der Waals surface area contributed by atoms with Gasteiger partial charge in [0.15, 0.2) is 0 Å². The number of hydrogen-bond acceptors (Lipinski definition) is 3. The summed E-state index contributed by atoms with van der Waals surface area (Å²) in [6.07, 6.45) is 0. The SMILES string of the molecule is COc1cccc(C(=O)N(Cc2cc3cc(C)ccc3[nH]c2=O)c2cccc(C)c2)c1. The second-order valence-electron chi connectivity index (χ2n) is 7.68. The van der Waals surface area contributed by atoms with Gasteiger partial charge in [-0.1, -0.05) is 29.8 Å². The standard InChI is InChI=1S/C26H24N2O3/c1-17-6-4-8-22(13-17)28(26(30)19-7-5-9-23(15-19)31-3)16-21-14-20-12-18(2)10-11-24(20)27-25(21)29/h4-15H,16H2,1-3H3,(H,27,29). The number of carbonyl (C=O) groups excluding carboxylic acids is 1. The molecule has 156 valence electrons. The molecule has 1 aromatic heterocycles. The second kappa shape index (κ2) is 8.48. The normalized spacial score (nSPS) is 10.8. The van der Waals surface area contributed by atoms with Crippen molar-refractivity contribution in [2.75, 3.05) is 12.0 Å². The average Bonchev–Trinajstić information content (AvgIpc) is 2.77. The first-order chi connectivity index (χ1) is 14.9. The summed E-state index contributed by atoms with van der Waals surface area (Å²) in [5.41, 5.74) is 4.46. The molecule has 0 radical (unpaired) electrons. The number of H-pyrrole nitrogens is 1. The van der Waals surface area contributed by atoms with Crippen LogP contribution in [0.5, 0.6) is 5.75 Å². The zero-order chi connectivity index (χ0) is 22.0. The molecule has 1 N–H and O–H groups in total. The highest BCUT2D eigenvalue weighted by molar-refractivity contribution is 6.06. The lowest BCUT2D eigenvalue weighted by Crippen LogP contribution is -2.33. The van der Waals surface area contributed by atoms with Crippen LogP contribution in [0, 0.1) is 13.8 Å². The van der Waals surface area contributed by atoms with Crippen molar-refractivity contribution in [3.8, 4) is 5.75 Å². The van der Waals surface area contributed by atoms with Crippen molar-refractivity contribution >= 4 is 22.5 Å². The van der Waals surface area contributed by atoms with E-state index in [0.29, 0.717) is 16.9 Å². The molecule has 0 bridgehead atoms. The Hall–Kier alpha value is -3.86. The first kappa shape index (κ1) is 20.4. The Labute approximate surface area is 180 Å². The molecule has 0 saturated carbocycles. The van der Waals surface area contributed by atoms with E-state index >= 15 is 0 Å². The molecule has 1 heterocycles. The third-order valence-corrected chi connectivity index (χ3v) is 5.28. The smallest absolute Gasteiger partial charge is 0.258 e. The minimum atomic E-state index is -0.201. The van der Waals surface area contributed by atoms with Crippen molar-refractivity contribution in [1.29, 1.82) is 0 Å². The maximum Gasteiger partial charge on any atom is 0.258 e. The van der Waals surface area contributed by atoms with Crippen LogP contribution in [0.2, 0.25) is 0 Å². The number of hydrogen-bond donors (Lipinski definition) is 1. The number of ether oxygens (including phenoxy) is 1. The fraction of sp³-hybridized carbons (Fsp3) is 0.154. The molecule has 0 saturated heterocycles. The third kappa shape index (κ3) is 4.36. The fourth-order valence-corrected chi connectivity index (χ4v) is 3.65. The molecule has 4 aromatic rings. The molecular weight excluding hydrogens is 388 g/mol. The van der Waals surface area contributed by atoms with Gasteiger partial charge in [0, 0.05) is 22.3 Å². The molecule has 5 heteroatoms. The van der Waals surface area contributed by atoms with Crippen LogP contribution in [0.15, 0.2) is 77.6 Å². The predicted molar refractivity (Wildman–Crippen MR) is 124 cm³/mol. The zero-order valence-electron chi connectivity index (χ0n) is 17.8. The zero-order valence-corrected chi connectivity index (χ0v) is 17.8. The molecule has 5 nitrogen and oxygen atoms in total. The number of amides is 1. The highest BCUT2D eigenvalue weighted by Crippen LogP contribution is 2.23. The van der Waals surface area contributed by atoms with Crippen LogP contribution in [0.4, 0.5) is 5.69 Å². The summed E-state index contributed by atoms with van der Waals surface area (Å²) in [7, 11) is 1.57. The number of carbonyl (C=O) groups is 1. The maximum atomic E-state index is 13.5. The number of nitrogens with zero attached hydrogens (tertiary/aromatic N) is 1. The van der Waals surface area contributed by atoms with Crippen molar-refractivity contribution in [3.05, 3.63) is 105 Å². The largest absolute Gasteiger partial charge is 0.497 e. The van der Waals surface area contributed by atoms with Gasteiger partial charge in [0.1, 0.15) is 5.75 Å². The van der Waals surface area contributed by atoms with E-state index in [9.17, 15) is 9.59 Å². The molecule has 0 aliphatic carbocycles. The number of nitrogens with one attached hydrogen (secondary N) is 1. The topological polar surface area (TPSA) is 62.4 Å². The van der Waals surface area contributed by atoms with Crippen LogP contribution in [0.1, 0.15) is 27.0 Å². The fourth-order valence-electron chi connectivity index (χ4n) is 3.65. The van der Waals surface area contributed by atoms with Crippen molar-refractivity contribution in [1.82, 2.24) is 4.98 Å². The highest BCUT2D eigenvalue weighted by atomic mass is 16.5. The Bertz CT molecular complexity index is 1320. The van der Waals surface area contributed by atoms with Crippen LogP contribution < -0.4 is 15.2 Å². The summed E-state index contributed by atoms with van der Waals surface area (Å²) in [6, 6.07) is 22.5. The van der Waals surface area contributed by atoms with Gasteiger partial charge in [-0.15, -0.1) is 0 Å². The first-order valence-corrected chi connectivity index (χ1v) is 10.1. The molecular formula is C26H24N2O3. The molecule has 4 rings (SSSR count). The summed E-state index contributed by atoms with van der Waals surface area (Å²) in [5.74, 6) is 0.405. The van der Waals surface area contributed by atoms with E-state index in [4.69, 9.17) is 4.74 Å². The Kier molecular flexibility index (Phi) is 5.58. The van der Waals surface area contributed by atoms with E-state index in [1.165, 1.54) is 0 Å². The lowest BCUT2D eigenvalue weighted by molar-refractivity contribution is 0.0984. The summed E-state index contributed by atoms with van der Waals surface area (Å²) >= 11 is 0. The number of benzene rings is 3. The van der Waals surface area contributed by atoms with Crippen LogP contribution in [-0.2, 0) is 6.54 Å². The second-order valence-corrected chi connectivity index (χ2v) is 7.68. The van der Waals surface area contributed by atoms with E-state index < -0.39 is 0 Å². The molecule has 3 aromatic carbocycles. The molecule has 0 fully saturated rings. The third-order valence-electron chi connectivity index (χ3n) is 5.28. The van der Waals surface area contributed by atoms with E-state index in [-0.39, 0.29) is 18.0 Å². The van der Waals surface area contributed by atoms with Crippen LogP contribution in [-0.4, -0.2) is 18.0 Å². The molecule has 0 spiro atoms. The van der Waals surface area contributed by atoms with Crippen LogP contribution in [0.3, 0.4) is 0 Å². The number of fused-ring (bicyclic) bond motifs is 1. The number of aromatic amines is 1. The van der Waals surface area contributed by atoms with Crippen molar-refractivity contribution in [2.45, 2.75) is 20.4 Å². The van der Waals surface area contributed by atoms with E-state index in [0.717, 1.165) is 27.7 Å². The number of anilines is 1. The van der Waals surface area contributed by atoms with Crippen LogP contribution in [0.25, 0.3) is 10.9 Å². The van der Waals surface area contributed by atoms with Gasteiger partial charge in [0.25, 0.3) is 11.5 Å². The predicted octanol–water partition coefficient (Wildman–Crippen LogP) is 5.00. The number of rotatable bonds is 5. The van der Waals surface area contributed by atoms with E-state index in [2.05, 4.69) is 4.98 Å². The number of aryl methyl sites for hydroxylation is 2. The molecule has 0 atom stereocenters. The van der Waals surface area contributed by atoms with Gasteiger partial charge >= 0.3 is 0 Å². The molecule has 0 unspecified atom stereocenters. The Balaban J connectivity index is 1.80. The van der Waals surface area contributed by atoms with Gasteiger partial charge in [-0.2, -0.15) is 0 Å². The summed E-state index contributed by atoms with van der Waals surface area (Å²) in [4.78, 5) is 30.9. The van der Waals surface area contributed by atoms with Gasteiger partial charge in [0.2, 0.25) is 0 Å². The lowest BCUT2D eigenvalue weighted by Gasteiger charge is -2.23. The Morgan fingerprint density at radius 3 is 2.48 bits per heavy atom. The highest BCUT2D eigenvalue weighted by Gasteiger charge is 2.20.